The molecule has 2 N–H and O–H groups in total. The molecular weight excluding hydrogens is 384 g/mol. The zero-order chi connectivity index (χ0) is 21.8. The maximum Gasteiger partial charge on any atom is 0.267 e. The highest BCUT2D eigenvalue weighted by Gasteiger charge is 2.15. The molecule has 0 aliphatic heterocycles. The predicted octanol–water partition coefficient (Wildman–Crippen LogP) is 7.45. The number of hydrogen-bond donors (Lipinski definition) is 2. The quantitative estimate of drug-likeness (QED) is 0.137. The zero-order valence-electron chi connectivity index (χ0n) is 19.4. The summed E-state index contributed by atoms with van der Waals surface area (Å²) < 4.78 is 30.8. The molecule has 0 radical (unpaired) electrons. The van der Waals surface area contributed by atoms with Gasteiger partial charge in [-0.1, -0.05) is 116 Å². The molecule has 0 fully saturated rings. The molecule has 0 aromatic heterocycles. The summed E-state index contributed by atoms with van der Waals surface area (Å²) >= 11 is 0. The van der Waals surface area contributed by atoms with Crippen molar-refractivity contribution >= 4 is 10.1 Å². The Morgan fingerprint density at radius 1 is 0.586 bits per heavy atom. The van der Waals surface area contributed by atoms with Crippen molar-refractivity contribution in [3.63, 3.8) is 0 Å². The topological polar surface area (TPSA) is 74.6 Å². The first-order valence-corrected chi connectivity index (χ1v) is 14.0. The number of hydrogen-bond acceptors (Lipinski definition) is 3. The lowest BCUT2D eigenvalue weighted by molar-refractivity contribution is 0.147. The minimum atomic E-state index is -3.84. The van der Waals surface area contributed by atoms with Crippen molar-refractivity contribution in [2.24, 2.45) is 0 Å². The van der Waals surface area contributed by atoms with Gasteiger partial charge in [0.05, 0.1) is 11.4 Å². The van der Waals surface area contributed by atoms with Gasteiger partial charge in [-0.05, 0) is 26.2 Å². The lowest BCUT2D eigenvalue weighted by Crippen LogP contribution is -2.16. The van der Waals surface area contributed by atoms with Gasteiger partial charge >= 0.3 is 0 Å². The normalized spacial score (nSPS) is 14.2. The van der Waals surface area contributed by atoms with Gasteiger partial charge in [0.15, 0.2) is 0 Å². The summed E-state index contributed by atoms with van der Waals surface area (Å²) in [6.45, 7) is 3.82. The standard InChI is InChI=1S/C24H50O4S/c1-3-4-5-6-15-18-21-24(25)22-19-16-13-11-9-7-8-10-12-14-17-20-23(2)29(26,27)28/h23-25H,3-22H2,1-2H3,(H,26,27,28). The van der Waals surface area contributed by atoms with Crippen molar-refractivity contribution in [2.75, 3.05) is 0 Å². The molecular formula is C24H50O4S. The van der Waals surface area contributed by atoms with Gasteiger partial charge in [-0.2, -0.15) is 8.42 Å². The molecule has 0 aromatic carbocycles. The van der Waals surface area contributed by atoms with Crippen LogP contribution in [0.1, 0.15) is 142 Å². The van der Waals surface area contributed by atoms with E-state index in [1.165, 1.54) is 89.9 Å². The number of aliphatic hydroxyl groups is 1. The minimum absolute atomic E-state index is 0.0818. The minimum Gasteiger partial charge on any atom is -0.393 e. The van der Waals surface area contributed by atoms with E-state index in [4.69, 9.17) is 4.55 Å². The fourth-order valence-electron chi connectivity index (χ4n) is 3.86. The van der Waals surface area contributed by atoms with Gasteiger partial charge in [-0.25, -0.2) is 0 Å². The summed E-state index contributed by atoms with van der Waals surface area (Å²) in [5.41, 5.74) is 0. The first kappa shape index (κ1) is 28.9. The highest BCUT2D eigenvalue weighted by Crippen LogP contribution is 2.16. The van der Waals surface area contributed by atoms with Crippen molar-refractivity contribution in [1.29, 1.82) is 0 Å². The Morgan fingerprint density at radius 2 is 0.897 bits per heavy atom. The molecule has 0 spiro atoms. The summed E-state index contributed by atoms with van der Waals surface area (Å²) in [6, 6.07) is 0. The third kappa shape index (κ3) is 20.9. The molecule has 0 bridgehead atoms. The monoisotopic (exact) mass is 434 g/mol. The lowest BCUT2D eigenvalue weighted by Gasteiger charge is -2.10. The summed E-state index contributed by atoms with van der Waals surface area (Å²) in [6.07, 6.45) is 23.4. The average molecular weight is 435 g/mol. The fraction of sp³-hybridized carbons (Fsp3) is 1.00. The molecule has 5 heteroatoms. The highest BCUT2D eigenvalue weighted by atomic mass is 32.2. The Morgan fingerprint density at radius 3 is 1.24 bits per heavy atom. The first-order valence-electron chi connectivity index (χ1n) is 12.5. The number of rotatable bonds is 22. The van der Waals surface area contributed by atoms with E-state index in [-0.39, 0.29) is 6.10 Å². The third-order valence-corrected chi connectivity index (χ3v) is 7.30. The van der Waals surface area contributed by atoms with Crippen LogP contribution in [-0.2, 0) is 10.1 Å². The van der Waals surface area contributed by atoms with Crippen LogP contribution < -0.4 is 0 Å². The van der Waals surface area contributed by atoms with Crippen LogP contribution in [-0.4, -0.2) is 29.4 Å². The Balaban J connectivity index is 3.23. The van der Waals surface area contributed by atoms with Crippen LogP contribution in [0.3, 0.4) is 0 Å². The Kier molecular flexibility index (Phi) is 19.7. The van der Waals surface area contributed by atoms with Crippen LogP contribution in [0.15, 0.2) is 0 Å². The maximum absolute atomic E-state index is 10.9. The zero-order valence-corrected chi connectivity index (χ0v) is 20.2. The molecule has 29 heavy (non-hydrogen) atoms. The van der Waals surface area contributed by atoms with E-state index in [2.05, 4.69) is 6.92 Å². The van der Waals surface area contributed by atoms with Crippen molar-refractivity contribution in [1.82, 2.24) is 0 Å². The molecule has 0 aliphatic rings. The SMILES string of the molecule is CCCCCCCCC(O)CCCCCCCCCCCCCC(C)S(=O)(=O)O. The van der Waals surface area contributed by atoms with Crippen LogP contribution in [0.25, 0.3) is 0 Å². The highest BCUT2D eigenvalue weighted by molar-refractivity contribution is 7.86. The van der Waals surface area contributed by atoms with Gasteiger partial charge in [0, 0.05) is 0 Å². The third-order valence-electron chi connectivity index (χ3n) is 6.05. The van der Waals surface area contributed by atoms with Crippen LogP contribution >= 0.6 is 0 Å². The molecule has 0 saturated heterocycles. The molecule has 0 aromatic rings. The summed E-state index contributed by atoms with van der Waals surface area (Å²) in [5.74, 6) is 0. The van der Waals surface area contributed by atoms with Gasteiger partial charge in [0.25, 0.3) is 10.1 Å². The van der Waals surface area contributed by atoms with Gasteiger partial charge in [0.2, 0.25) is 0 Å². The fourth-order valence-corrected chi connectivity index (χ4v) is 4.32. The molecule has 0 aliphatic carbocycles. The molecule has 0 rings (SSSR count). The van der Waals surface area contributed by atoms with Crippen molar-refractivity contribution in [3.05, 3.63) is 0 Å². The second-order valence-corrected chi connectivity index (χ2v) is 10.8. The van der Waals surface area contributed by atoms with E-state index in [0.717, 1.165) is 32.1 Å². The molecule has 0 amide bonds. The van der Waals surface area contributed by atoms with Crippen molar-refractivity contribution < 1.29 is 18.1 Å². The smallest absolute Gasteiger partial charge is 0.267 e. The van der Waals surface area contributed by atoms with Gasteiger partial charge in [-0.3, -0.25) is 4.55 Å². The first-order chi connectivity index (χ1) is 13.9. The van der Waals surface area contributed by atoms with Crippen LogP contribution in [0, 0.1) is 0 Å². The van der Waals surface area contributed by atoms with E-state index in [1.807, 2.05) is 0 Å². The number of aliphatic hydroxyl groups excluding tert-OH is 1. The molecule has 2 unspecified atom stereocenters. The second kappa shape index (κ2) is 19.8. The van der Waals surface area contributed by atoms with E-state index in [9.17, 15) is 13.5 Å². The molecule has 2 atom stereocenters. The van der Waals surface area contributed by atoms with E-state index in [0.29, 0.717) is 6.42 Å². The summed E-state index contributed by atoms with van der Waals surface area (Å²) in [4.78, 5) is 0. The van der Waals surface area contributed by atoms with E-state index < -0.39 is 15.4 Å². The Hall–Kier alpha value is -0.130. The predicted molar refractivity (Wildman–Crippen MR) is 125 cm³/mol. The largest absolute Gasteiger partial charge is 0.393 e. The van der Waals surface area contributed by atoms with Gasteiger partial charge in [0.1, 0.15) is 0 Å². The lowest BCUT2D eigenvalue weighted by atomic mass is 10.0. The summed E-state index contributed by atoms with van der Waals surface area (Å²) in [5, 5.41) is 9.42. The van der Waals surface area contributed by atoms with Crippen molar-refractivity contribution in [3.8, 4) is 0 Å². The Labute approximate surface area is 182 Å². The van der Waals surface area contributed by atoms with E-state index >= 15 is 0 Å². The summed E-state index contributed by atoms with van der Waals surface area (Å²) in [7, 11) is -3.84. The Bertz CT molecular complexity index is 436. The maximum atomic E-state index is 10.9. The average Bonchev–Trinajstić information content (AvgIpc) is 2.67. The van der Waals surface area contributed by atoms with Crippen LogP contribution in [0.5, 0.6) is 0 Å². The molecule has 0 heterocycles. The van der Waals surface area contributed by atoms with Crippen molar-refractivity contribution in [2.45, 2.75) is 154 Å². The molecule has 4 nitrogen and oxygen atoms in total. The molecule has 176 valence electrons. The van der Waals surface area contributed by atoms with E-state index in [1.54, 1.807) is 6.92 Å². The van der Waals surface area contributed by atoms with Crippen LogP contribution in [0.4, 0.5) is 0 Å². The van der Waals surface area contributed by atoms with Crippen LogP contribution in [0.2, 0.25) is 0 Å². The molecule has 0 saturated carbocycles. The van der Waals surface area contributed by atoms with Gasteiger partial charge in [-0.15, -0.1) is 0 Å². The second-order valence-electron chi connectivity index (χ2n) is 9.00. The number of unbranched alkanes of at least 4 members (excludes halogenated alkanes) is 15. The van der Waals surface area contributed by atoms with Gasteiger partial charge < -0.3 is 5.11 Å².